The molecule has 2 heterocycles. The molecular formula is C13H18N4O. The Balaban J connectivity index is 2.06. The zero-order chi connectivity index (χ0) is 12.8. The molecule has 0 aliphatic rings. The monoisotopic (exact) mass is 246 g/mol. The fraction of sp³-hybridized carbons (Fsp3) is 0.385. The van der Waals surface area contributed by atoms with E-state index in [-0.39, 0.29) is 0 Å². The molecule has 0 spiro atoms. The Bertz CT molecular complexity index is 495. The molecule has 18 heavy (non-hydrogen) atoms. The van der Waals surface area contributed by atoms with Crippen molar-refractivity contribution in [1.82, 2.24) is 19.9 Å². The average Bonchev–Trinajstić information content (AvgIpc) is 2.84. The van der Waals surface area contributed by atoms with Gasteiger partial charge in [-0.1, -0.05) is 6.07 Å². The maximum Gasteiger partial charge on any atom is 0.218 e. The maximum absolute atomic E-state index is 5.23. The number of rotatable bonds is 6. The molecule has 2 rings (SSSR count). The molecule has 2 aromatic rings. The first kappa shape index (κ1) is 12.6. The lowest BCUT2D eigenvalue weighted by Crippen LogP contribution is -2.10. The third-order valence-electron chi connectivity index (χ3n) is 2.71. The maximum atomic E-state index is 5.23. The summed E-state index contributed by atoms with van der Waals surface area (Å²) in [6.07, 6.45) is 6.57. The van der Waals surface area contributed by atoms with Crippen LogP contribution in [-0.2, 0) is 13.0 Å². The van der Waals surface area contributed by atoms with E-state index in [1.54, 1.807) is 13.3 Å². The molecule has 2 aromatic heterocycles. The average molecular weight is 246 g/mol. The summed E-state index contributed by atoms with van der Waals surface area (Å²) < 4.78 is 7.28. The highest BCUT2D eigenvalue weighted by Gasteiger charge is 2.05. The zero-order valence-electron chi connectivity index (χ0n) is 10.8. The van der Waals surface area contributed by atoms with Crippen LogP contribution in [0.1, 0.15) is 11.3 Å². The second kappa shape index (κ2) is 6.16. The van der Waals surface area contributed by atoms with Crippen LogP contribution in [0.5, 0.6) is 5.88 Å². The molecule has 0 amide bonds. The Morgan fingerprint density at radius 2 is 2.28 bits per heavy atom. The first-order valence-electron chi connectivity index (χ1n) is 5.96. The molecule has 0 saturated heterocycles. The van der Waals surface area contributed by atoms with Gasteiger partial charge in [-0.15, -0.1) is 0 Å². The minimum Gasteiger partial charge on any atom is -0.481 e. The standard InChI is InChI=1S/C13H18N4O/c1-14-7-5-12-9-17(10-16-12)8-11-4-3-6-15-13(11)18-2/h3-4,6,9-10,14H,5,7-8H2,1-2H3. The van der Waals surface area contributed by atoms with Gasteiger partial charge in [0, 0.05) is 30.9 Å². The van der Waals surface area contributed by atoms with Crippen LogP contribution in [0.2, 0.25) is 0 Å². The quantitative estimate of drug-likeness (QED) is 0.829. The Morgan fingerprint density at radius 3 is 3.06 bits per heavy atom. The Morgan fingerprint density at radius 1 is 1.39 bits per heavy atom. The van der Waals surface area contributed by atoms with E-state index < -0.39 is 0 Å². The summed E-state index contributed by atoms with van der Waals surface area (Å²) in [5.74, 6) is 0.669. The molecule has 0 saturated carbocycles. The van der Waals surface area contributed by atoms with Crippen LogP contribution < -0.4 is 10.1 Å². The van der Waals surface area contributed by atoms with Crippen LogP contribution in [0.15, 0.2) is 30.9 Å². The van der Waals surface area contributed by atoms with Crippen molar-refractivity contribution in [3.63, 3.8) is 0 Å². The SMILES string of the molecule is CNCCc1cn(Cc2cccnc2OC)cn1. The van der Waals surface area contributed by atoms with Crippen LogP contribution >= 0.6 is 0 Å². The molecule has 0 unspecified atom stereocenters. The van der Waals surface area contributed by atoms with Crippen LogP contribution in [0, 0.1) is 0 Å². The molecule has 0 radical (unpaired) electrons. The van der Waals surface area contributed by atoms with E-state index in [1.807, 2.05) is 30.1 Å². The smallest absolute Gasteiger partial charge is 0.218 e. The van der Waals surface area contributed by atoms with Gasteiger partial charge in [-0.3, -0.25) is 0 Å². The Kier molecular flexibility index (Phi) is 4.30. The van der Waals surface area contributed by atoms with Crippen molar-refractivity contribution < 1.29 is 4.74 Å². The van der Waals surface area contributed by atoms with Gasteiger partial charge in [-0.25, -0.2) is 9.97 Å². The summed E-state index contributed by atoms with van der Waals surface area (Å²) in [5.41, 5.74) is 2.14. The van der Waals surface area contributed by atoms with E-state index in [0.717, 1.165) is 30.8 Å². The van der Waals surface area contributed by atoms with Gasteiger partial charge in [0.25, 0.3) is 0 Å². The van der Waals surface area contributed by atoms with E-state index in [4.69, 9.17) is 4.74 Å². The number of imidazole rings is 1. The van der Waals surface area contributed by atoms with Crippen molar-refractivity contribution in [3.8, 4) is 5.88 Å². The molecule has 0 aliphatic carbocycles. The van der Waals surface area contributed by atoms with Crippen molar-refractivity contribution in [2.45, 2.75) is 13.0 Å². The zero-order valence-corrected chi connectivity index (χ0v) is 10.8. The molecule has 0 atom stereocenters. The van der Waals surface area contributed by atoms with E-state index in [1.165, 1.54) is 0 Å². The Labute approximate surface area is 107 Å². The Hall–Kier alpha value is -1.88. The van der Waals surface area contributed by atoms with Crippen molar-refractivity contribution in [1.29, 1.82) is 0 Å². The van der Waals surface area contributed by atoms with Gasteiger partial charge in [0.15, 0.2) is 0 Å². The summed E-state index contributed by atoms with van der Waals surface area (Å²) in [6, 6.07) is 3.93. The summed E-state index contributed by atoms with van der Waals surface area (Å²) in [4.78, 5) is 8.55. The lowest BCUT2D eigenvalue weighted by molar-refractivity contribution is 0.391. The highest BCUT2D eigenvalue weighted by molar-refractivity contribution is 5.25. The fourth-order valence-corrected chi connectivity index (χ4v) is 1.80. The van der Waals surface area contributed by atoms with Gasteiger partial charge in [-0.2, -0.15) is 0 Å². The molecule has 1 N–H and O–H groups in total. The molecule has 0 bridgehead atoms. The number of likely N-dealkylation sites (N-methyl/N-ethyl adjacent to an activating group) is 1. The van der Waals surface area contributed by atoms with Crippen molar-refractivity contribution in [3.05, 3.63) is 42.1 Å². The molecule has 96 valence electrons. The summed E-state index contributed by atoms with van der Waals surface area (Å²) in [5, 5.41) is 3.11. The fourth-order valence-electron chi connectivity index (χ4n) is 1.80. The highest BCUT2D eigenvalue weighted by Crippen LogP contribution is 2.15. The number of hydrogen-bond donors (Lipinski definition) is 1. The van der Waals surface area contributed by atoms with E-state index in [9.17, 15) is 0 Å². The van der Waals surface area contributed by atoms with Gasteiger partial charge in [0.05, 0.1) is 25.7 Å². The topological polar surface area (TPSA) is 52.0 Å². The van der Waals surface area contributed by atoms with Gasteiger partial charge >= 0.3 is 0 Å². The van der Waals surface area contributed by atoms with Crippen LogP contribution in [0.3, 0.4) is 0 Å². The van der Waals surface area contributed by atoms with Gasteiger partial charge < -0.3 is 14.6 Å². The molecule has 0 fully saturated rings. The molecular weight excluding hydrogens is 228 g/mol. The molecule has 5 heteroatoms. The van der Waals surface area contributed by atoms with Gasteiger partial charge in [-0.05, 0) is 13.1 Å². The van der Waals surface area contributed by atoms with Crippen LogP contribution in [0.4, 0.5) is 0 Å². The number of methoxy groups -OCH3 is 1. The largest absolute Gasteiger partial charge is 0.481 e. The minimum atomic E-state index is 0.669. The van der Waals surface area contributed by atoms with Gasteiger partial charge in [0.1, 0.15) is 0 Å². The molecule has 5 nitrogen and oxygen atoms in total. The first-order valence-corrected chi connectivity index (χ1v) is 5.96. The number of pyridine rings is 1. The number of aromatic nitrogens is 3. The lowest BCUT2D eigenvalue weighted by Gasteiger charge is -2.06. The van der Waals surface area contributed by atoms with E-state index in [0.29, 0.717) is 5.88 Å². The lowest BCUT2D eigenvalue weighted by atomic mass is 10.2. The molecule has 0 aromatic carbocycles. The summed E-state index contributed by atoms with van der Waals surface area (Å²) in [7, 11) is 3.58. The number of nitrogens with zero attached hydrogens (tertiary/aromatic N) is 3. The van der Waals surface area contributed by atoms with Crippen LogP contribution in [0.25, 0.3) is 0 Å². The van der Waals surface area contributed by atoms with Gasteiger partial charge in [0.2, 0.25) is 5.88 Å². The highest BCUT2D eigenvalue weighted by atomic mass is 16.5. The number of hydrogen-bond acceptors (Lipinski definition) is 4. The van der Waals surface area contributed by atoms with Crippen molar-refractivity contribution in [2.24, 2.45) is 0 Å². The first-order chi connectivity index (χ1) is 8.83. The minimum absolute atomic E-state index is 0.669. The van der Waals surface area contributed by atoms with Crippen molar-refractivity contribution >= 4 is 0 Å². The predicted molar refractivity (Wildman–Crippen MR) is 69.7 cm³/mol. The summed E-state index contributed by atoms with van der Waals surface area (Å²) >= 11 is 0. The number of ether oxygens (including phenoxy) is 1. The third-order valence-corrected chi connectivity index (χ3v) is 2.71. The number of nitrogens with one attached hydrogen (secondary N) is 1. The van der Waals surface area contributed by atoms with Crippen LogP contribution in [-0.4, -0.2) is 35.2 Å². The predicted octanol–water partition coefficient (Wildman–Crippen LogP) is 1.10. The van der Waals surface area contributed by atoms with Crippen molar-refractivity contribution in [2.75, 3.05) is 20.7 Å². The second-order valence-electron chi connectivity index (χ2n) is 4.06. The second-order valence-corrected chi connectivity index (χ2v) is 4.06. The normalized spacial score (nSPS) is 10.6. The van der Waals surface area contributed by atoms with E-state index >= 15 is 0 Å². The third kappa shape index (κ3) is 3.07. The molecule has 0 aliphatic heterocycles. The van der Waals surface area contributed by atoms with E-state index in [2.05, 4.69) is 21.5 Å². The summed E-state index contributed by atoms with van der Waals surface area (Å²) in [6.45, 7) is 1.66.